The normalized spacial score (nSPS) is 28.2. The molecule has 0 bridgehead atoms. The Morgan fingerprint density at radius 1 is 1.55 bits per heavy atom. The van der Waals surface area contributed by atoms with Gasteiger partial charge in [0, 0.05) is 18.6 Å². The fourth-order valence-electron chi connectivity index (χ4n) is 3.29. The van der Waals surface area contributed by atoms with Crippen molar-refractivity contribution in [3.05, 3.63) is 12.0 Å². The number of amides is 1. The summed E-state index contributed by atoms with van der Waals surface area (Å²) >= 11 is 0. The van der Waals surface area contributed by atoms with Crippen LogP contribution in [0.2, 0.25) is 0 Å². The second kappa shape index (κ2) is 4.77. The molecule has 2 atom stereocenters. The second-order valence-corrected chi connectivity index (χ2v) is 6.12. The van der Waals surface area contributed by atoms with E-state index in [1.165, 1.54) is 13.4 Å². The van der Waals surface area contributed by atoms with Gasteiger partial charge in [0.2, 0.25) is 0 Å². The van der Waals surface area contributed by atoms with Crippen LogP contribution in [0.5, 0.6) is 6.08 Å². The van der Waals surface area contributed by atoms with Crippen molar-refractivity contribution in [1.82, 2.24) is 9.88 Å². The maximum absolute atomic E-state index is 12.5. The van der Waals surface area contributed by atoms with Crippen molar-refractivity contribution in [3.8, 4) is 6.08 Å². The van der Waals surface area contributed by atoms with Gasteiger partial charge in [0.25, 0.3) is 5.91 Å². The van der Waals surface area contributed by atoms with E-state index in [2.05, 4.69) is 18.8 Å². The molecule has 0 aliphatic carbocycles. The fraction of sp³-hybridized carbons (Fsp3) is 0.714. The second-order valence-electron chi connectivity index (χ2n) is 6.12. The molecule has 1 amide bonds. The first-order chi connectivity index (χ1) is 9.53. The van der Waals surface area contributed by atoms with E-state index in [0.717, 1.165) is 19.4 Å². The van der Waals surface area contributed by atoms with E-state index in [1.54, 1.807) is 0 Å². The Morgan fingerprint density at radius 3 is 2.90 bits per heavy atom. The zero-order valence-electron chi connectivity index (χ0n) is 12.1. The van der Waals surface area contributed by atoms with Crippen LogP contribution in [0.25, 0.3) is 0 Å². The van der Waals surface area contributed by atoms with Crippen LogP contribution in [-0.2, 0) is 4.74 Å². The van der Waals surface area contributed by atoms with Crippen LogP contribution >= 0.6 is 0 Å². The molecular weight excluding hydrogens is 260 g/mol. The number of hydrogen-bond acceptors (Lipinski definition) is 5. The summed E-state index contributed by atoms with van der Waals surface area (Å²) in [7, 11) is 1.46. The molecule has 1 aromatic heterocycles. The van der Waals surface area contributed by atoms with Gasteiger partial charge >= 0.3 is 6.08 Å². The third-order valence-electron chi connectivity index (χ3n) is 4.17. The number of oxazole rings is 1. The summed E-state index contributed by atoms with van der Waals surface area (Å²) in [5, 5.41) is 0. The van der Waals surface area contributed by atoms with E-state index >= 15 is 0 Å². The summed E-state index contributed by atoms with van der Waals surface area (Å²) in [4.78, 5) is 18.4. The van der Waals surface area contributed by atoms with Crippen LogP contribution in [0.4, 0.5) is 0 Å². The highest BCUT2D eigenvalue weighted by molar-refractivity contribution is 5.93. The van der Waals surface area contributed by atoms with E-state index in [9.17, 15) is 4.79 Å². The van der Waals surface area contributed by atoms with Gasteiger partial charge in [-0.3, -0.25) is 4.79 Å². The zero-order chi connectivity index (χ0) is 14.3. The minimum Gasteiger partial charge on any atom is -0.454 e. The molecule has 2 unspecified atom stereocenters. The molecule has 2 aliphatic heterocycles. The summed E-state index contributed by atoms with van der Waals surface area (Å²) in [5.41, 5.74) is 0.374. The third kappa shape index (κ3) is 2.08. The molecule has 110 valence electrons. The molecule has 1 aromatic rings. The van der Waals surface area contributed by atoms with Gasteiger partial charge in [0.15, 0.2) is 5.69 Å². The predicted octanol–water partition coefficient (Wildman–Crippen LogP) is 1.71. The molecule has 2 aliphatic rings. The molecule has 0 N–H and O–H groups in total. The SMILES string of the molecule is COc1nc(C(=O)N2CC(C)(C)C2C2CCCO2)co1. The molecule has 0 radical (unpaired) electrons. The molecule has 6 heteroatoms. The summed E-state index contributed by atoms with van der Waals surface area (Å²) in [5.74, 6) is -0.114. The van der Waals surface area contributed by atoms with E-state index in [0.29, 0.717) is 12.2 Å². The first-order valence-corrected chi connectivity index (χ1v) is 6.95. The van der Waals surface area contributed by atoms with Crippen LogP contribution < -0.4 is 4.74 Å². The molecule has 2 saturated heterocycles. The topological polar surface area (TPSA) is 64.8 Å². The quantitative estimate of drug-likeness (QED) is 0.843. The van der Waals surface area contributed by atoms with Crippen molar-refractivity contribution in [2.75, 3.05) is 20.3 Å². The molecule has 20 heavy (non-hydrogen) atoms. The van der Waals surface area contributed by atoms with E-state index in [4.69, 9.17) is 13.9 Å². The van der Waals surface area contributed by atoms with Crippen molar-refractivity contribution in [1.29, 1.82) is 0 Å². The number of carbonyl (C=O) groups excluding carboxylic acids is 1. The lowest BCUT2D eigenvalue weighted by Crippen LogP contribution is -2.68. The van der Waals surface area contributed by atoms with Gasteiger partial charge in [-0.25, -0.2) is 0 Å². The molecule has 3 rings (SSSR count). The van der Waals surface area contributed by atoms with E-state index in [-0.39, 0.29) is 29.5 Å². The average molecular weight is 280 g/mol. The monoisotopic (exact) mass is 280 g/mol. The lowest BCUT2D eigenvalue weighted by atomic mass is 9.71. The van der Waals surface area contributed by atoms with E-state index in [1.807, 2.05) is 4.90 Å². The Bertz CT molecular complexity index is 505. The van der Waals surface area contributed by atoms with Crippen molar-refractivity contribution in [2.45, 2.75) is 38.8 Å². The number of aromatic nitrogens is 1. The smallest absolute Gasteiger partial charge is 0.393 e. The number of carbonyl (C=O) groups is 1. The molecule has 3 heterocycles. The molecular formula is C14H20N2O4. The number of rotatable bonds is 3. The van der Waals surface area contributed by atoms with Crippen LogP contribution in [0.1, 0.15) is 37.2 Å². The number of methoxy groups -OCH3 is 1. The van der Waals surface area contributed by atoms with Crippen LogP contribution in [0.3, 0.4) is 0 Å². The summed E-state index contributed by atoms with van der Waals surface area (Å²) in [6.45, 7) is 5.85. The summed E-state index contributed by atoms with van der Waals surface area (Å²) in [6.07, 6.45) is 3.68. The highest BCUT2D eigenvalue weighted by Crippen LogP contribution is 2.43. The molecule has 0 spiro atoms. The molecule has 6 nitrogen and oxygen atoms in total. The van der Waals surface area contributed by atoms with Crippen LogP contribution in [0.15, 0.2) is 10.7 Å². The fourth-order valence-corrected chi connectivity index (χ4v) is 3.29. The van der Waals surface area contributed by atoms with Crippen molar-refractivity contribution >= 4 is 5.91 Å². The van der Waals surface area contributed by atoms with Gasteiger partial charge < -0.3 is 18.8 Å². The molecule has 0 saturated carbocycles. The maximum atomic E-state index is 12.5. The third-order valence-corrected chi connectivity index (χ3v) is 4.17. The first kappa shape index (κ1) is 13.4. The summed E-state index contributed by atoms with van der Waals surface area (Å²) in [6, 6.07) is 0.111. The largest absolute Gasteiger partial charge is 0.454 e. The van der Waals surface area contributed by atoms with Gasteiger partial charge in [-0.05, 0) is 12.8 Å². The zero-order valence-corrected chi connectivity index (χ0v) is 12.1. The Morgan fingerprint density at radius 2 is 2.35 bits per heavy atom. The Hall–Kier alpha value is -1.56. The number of likely N-dealkylation sites (tertiary alicyclic amines) is 1. The minimum absolute atomic E-state index is 0.0818. The number of nitrogens with zero attached hydrogens (tertiary/aromatic N) is 2. The lowest BCUT2D eigenvalue weighted by Gasteiger charge is -2.56. The standard InChI is InChI=1S/C14H20N2O4/c1-14(2)8-16(11(14)10-5-4-6-19-10)12(17)9-7-20-13(15-9)18-3/h7,10-11H,4-6,8H2,1-3H3. The Labute approximate surface area is 118 Å². The highest BCUT2D eigenvalue weighted by Gasteiger charge is 2.53. The Kier molecular flexibility index (Phi) is 3.20. The minimum atomic E-state index is -0.114. The van der Waals surface area contributed by atoms with E-state index < -0.39 is 0 Å². The van der Waals surface area contributed by atoms with Crippen LogP contribution in [-0.4, -0.2) is 48.2 Å². The van der Waals surface area contributed by atoms with Gasteiger partial charge in [-0.15, -0.1) is 0 Å². The molecule has 0 aromatic carbocycles. The first-order valence-electron chi connectivity index (χ1n) is 6.95. The van der Waals surface area contributed by atoms with Crippen molar-refractivity contribution in [3.63, 3.8) is 0 Å². The number of hydrogen-bond donors (Lipinski definition) is 0. The number of ether oxygens (including phenoxy) is 2. The average Bonchev–Trinajstić information content (AvgIpc) is 3.06. The van der Waals surface area contributed by atoms with Gasteiger partial charge in [-0.1, -0.05) is 13.8 Å². The molecule has 2 fully saturated rings. The van der Waals surface area contributed by atoms with Gasteiger partial charge in [-0.2, -0.15) is 4.98 Å². The highest BCUT2D eigenvalue weighted by atomic mass is 16.6. The lowest BCUT2D eigenvalue weighted by molar-refractivity contribution is -0.0963. The van der Waals surface area contributed by atoms with Crippen LogP contribution in [0, 0.1) is 5.41 Å². The van der Waals surface area contributed by atoms with Gasteiger partial charge in [0.1, 0.15) is 6.26 Å². The van der Waals surface area contributed by atoms with Crippen molar-refractivity contribution < 1.29 is 18.7 Å². The predicted molar refractivity (Wildman–Crippen MR) is 70.6 cm³/mol. The Balaban J connectivity index is 1.77. The van der Waals surface area contributed by atoms with Gasteiger partial charge in [0.05, 0.1) is 19.3 Å². The maximum Gasteiger partial charge on any atom is 0.393 e. The summed E-state index contributed by atoms with van der Waals surface area (Å²) < 4.78 is 15.7. The van der Waals surface area contributed by atoms with Crippen molar-refractivity contribution in [2.24, 2.45) is 5.41 Å².